The summed E-state index contributed by atoms with van der Waals surface area (Å²) in [6.45, 7) is 2.84. The Balaban J connectivity index is 1.72. The van der Waals surface area contributed by atoms with Gasteiger partial charge in [0.25, 0.3) is 0 Å². The number of carbonyl (C=O) groups excluding carboxylic acids is 1. The van der Waals surface area contributed by atoms with E-state index in [4.69, 9.17) is 0 Å². The van der Waals surface area contributed by atoms with E-state index in [-0.39, 0.29) is 11.9 Å². The van der Waals surface area contributed by atoms with E-state index >= 15 is 0 Å². The molecule has 1 aliphatic rings. The number of carbonyl (C=O) groups is 1. The van der Waals surface area contributed by atoms with Crippen LogP contribution in [0.15, 0.2) is 36.7 Å². The van der Waals surface area contributed by atoms with Crippen molar-refractivity contribution in [3.8, 4) is 0 Å². The molecule has 6 heteroatoms. The van der Waals surface area contributed by atoms with E-state index in [2.05, 4.69) is 10.3 Å². The molecule has 0 saturated carbocycles. The second kappa shape index (κ2) is 6.95. The smallest absolute Gasteiger partial charge is 0.321 e. The van der Waals surface area contributed by atoms with Gasteiger partial charge in [0.15, 0.2) is 0 Å². The van der Waals surface area contributed by atoms with Crippen LogP contribution in [0.3, 0.4) is 0 Å². The van der Waals surface area contributed by atoms with Gasteiger partial charge in [0.05, 0.1) is 0 Å². The monoisotopic (exact) mass is 331 g/mol. The lowest BCUT2D eigenvalue weighted by atomic mass is 9.90. The van der Waals surface area contributed by atoms with Crippen LogP contribution in [0, 0.1) is 18.6 Å². The number of aromatic nitrogens is 1. The lowest BCUT2D eigenvalue weighted by molar-refractivity contribution is 0.192. The van der Waals surface area contributed by atoms with Crippen molar-refractivity contribution in [1.82, 2.24) is 9.88 Å². The Hall–Kier alpha value is -2.50. The summed E-state index contributed by atoms with van der Waals surface area (Å²) in [6.07, 6.45) is 4.78. The minimum atomic E-state index is -0.458. The maximum absolute atomic E-state index is 14.0. The summed E-state index contributed by atoms with van der Waals surface area (Å²) in [7, 11) is 0. The summed E-state index contributed by atoms with van der Waals surface area (Å²) in [4.78, 5) is 18.1. The first-order chi connectivity index (χ1) is 11.5. The molecule has 0 radical (unpaired) electrons. The fraction of sp³-hybridized carbons (Fsp3) is 0.333. The predicted molar refractivity (Wildman–Crippen MR) is 87.9 cm³/mol. The zero-order valence-corrected chi connectivity index (χ0v) is 13.4. The minimum absolute atomic E-state index is 0.196. The molecule has 0 aliphatic carbocycles. The largest absolute Gasteiger partial charge is 0.324 e. The summed E-state index contributed by atoms with van der Waals surface area (Å²) < 4.78 is 27.4. The molecule has 2 heterocycles. The molecule has 1 aromatic carbocycles. The number of likely N-dealkylation sites (tertiary alicyclic amines) is 1. The van der Waals surface area contributed by atoms with E-state index in [1.54, 1.807) is 23.4 Å². The maximum Gasteiger partial charge on any atom is 0.321 e. The number of benzene rings is 1. The topological polar surface area (TPSA) is 45.2 Å². The number of nitrogens with one attached hydrogen (secondary N) is 1. The van der Waals surface area contributed by atoms with Crippen LogP contribution in [0.1, 0.15) is 29.9 Å². The van der Waals surface area contributed by atoms with Crippen LogP contribution in [0.4, 0.5) is 19.3 Å². The van der Waals surface area contributed by atoms with Crippen molar-refractivity contribution in [3.63, 3.8) is 0 Å². The number of halogens is 2. The fourth-order valence-corrected chi connectivity index (χ4v) is 3.05. The minimum Gasteiger partial charge on any atom is -0.324 e. The number of anilines is 1. The van der Waals surface area contributed by atoms with Crippen LogP contribution in [0.5, 0.6) is 0 Å². The third-order valence-corrected chi connectivity index (χ3v) is 4.37. The van der Waals surface area contributed by atoms with Gasteiger partial charge in [0.2, 0.25) is 0 Å². The second-order valence-corrected chi connectivity index (χ2v) is 6.07. The van der Waals surface area contributed by atoms with E-state index in [1.165, 1.54) is 6.07 Å². The first-order valence-corrected chi connectivity index (χ1v) is 7.96. The van der Waals surface area contributed by atoms with Crippen LogP contribution in [0.2, 0.25) is 0 Å². The number of pyridine rings is 1. The molecule has 1 N–H and O–H groups in total. The number of urea groups is 1. The Morgan fingerprint density at radius 3 is 2.96 bits per heavy atom. The highest BCUT2D eigenvalue weighted by atomic mass is 19.1. The number of hydrogen-bond donors (Lipinski definition) is 1. The van der Waals surface area contributed by atoms with Gasteiger partial charge in [-0.2, -0.15) is 0 Å². The van der Waals surface area contributed by atoms with Gasteiger partial charge in [-0.15, -0.1) is 0 Å². The highest BCUT2D eigenvalue weighted by Gasteiger charge is 2.27. The molecule has 24 heavy (non-hydrogen) atoms. The first kappa shape index (κ1) is 16.4. The molecular formula is C18H19F2N3O. The molecule has 0 bridgehead atoms. The molecule has 0 spiro atoms. The SMILES string of the molecule is Cc1cnccc1NC(=O)N1CCC[C@@H](c2cc(F)ccc2F)C1. The maximum atomic E-state index is 14.0. The molecular weight excluding hydrogens is 312 g/mol. The Labute approximate surface area is 139 Å². The third-order valence-electron chi connectivity index (χ3n) is 4.37. The van der Waals surface area contributed by atoms with Gasteiger partial charge >= 0.3 is 6.03 Å². The molecule has 1 aliphatic heterocycles. The van der Waals surface area contributed by atoms with Crippen molar-refractivity contribution >= 4 is 11.7 Å². The quantitative estimate of drug-likeness (QED) is 0.901. The Morgan fingerprint density at radius 2 is 2.17 bits per heavy atom. The second-order valence-electron chi connectivity index (χ2n) is 6.07. The van der Waals surface area contributed by atoms with Gasteiger partial charge in [-0.25, -0.2) is 13.6 Å². The molecule has 126 valence electrons. The number of aryl methyl sites for hydroxylation is 1. The average molecular weight is 331 g/mol. The summed E-state index contributed by atoms with van der Waals surface area (Å²) in [6, 6.07) is 4.99. The summed E-state index contributed by atoms with van der Waals surface area (Å²) in [5.74, 6) is -1.08. The number of piperidine rings is 1. The van der Waals surface area contributed by atoms with Crippen molar-refractivity contribution in [1.29, 1.82) is 0 Å². The zero-order chi connectivity index (χ0) is 17.1. The van der Waals surface area contributed by atoms with Gasteiger partial charge in [-0.1, -0.05) is 0 Å². The fourth-order valence-electron chi connectivity index (χ4n) is 3.05. The summed E-state index contributed by atoms with van der Waals surface area (Å²) >= 11 is 0. The standard InChI is InChI=1S/C18H19F2N3O/c1-12-10-21-7-6-17(12)22-18(24)23-8-2-3-13(11-23)15-9-14(19)4-5-16(15)20/h4-7,9-10,13H,2-3,8,11H2,1H3,(H,21,22,24)/t13-/m1/s1. The van der Waals surface area contributed by atoms with Crippen molar-refractivity contribution in [2.75, 3.05) is 18.4 Å². The van der Waals surface area contributed by atoms with E-state index in [9.17, 15) is 13.6 Å². The van der Waals surface area contributed by atoms with Gasteiger partial charge in [0.1, 0.15) is 11.6 Å². The van der Waals surface area contributed by atoms with Gasteiger partial charge in [-0.3, -0.25) is 4.98 Å². The lowest BCUT2D eigenvalue weighted by Gasteiger charge is -2.33. The molecule has 0 unspecified atom stereocenters. The van der Waals surface area contributed by atoms with Crippen molar-refractivity contribution in [3.05, 3.63) is 59.4 Å². The van der Waals surface area contributed by atoms with Crippen molar-refractivity contribution in [2.45, 2.75) is 25.7 Å². The van der Waals surface area contributed by atoms with Crippen LogP contribution in [0.25, 0.3) is 0 Å². The molecule has 1 saturated heterocycles. The van der Waals surface area contributed by atoms with Crippen molar-refractivity contribution < 1.29 is 13.6 Å². The first-order valence-electron chi connectivity index (χ1n) is 7.96. The van der Waals surface area contributed by atoms with Crippen LogP contribution in [-0.4, -0.2) is 29.0 Å². The third kappa shape index (κ3) is 3.53. The predicted octanol–water partition coefficient (Wildman–Crippen LogP) is 4.08. The van der Waals surface area contributed by atoms with E-state index in [0.717, 1.165) is 30.5 Å². The molecule has 4 nitrogen and oxygen atoms in total. The Morgan fingerprint density at radius 1 is 1.33 bits per heavy atom. The molecule has 2 aromatic rings. The molecule has 1 aromatic heterocycles. The molecule has 2 amide bonds. The van der Waals surface area contributed by atoms with E-state index < -0.39 is 11.6 Å². The zero-order valence-electron chi connectivity index (χ0n) is 13.4. The highest BCUT2D eigenvalue weighted by molar-refractivity contribution is 5.90. The van der Waals surface area contributed by atoms with Gasteiger partial charge in [0, 0.05) is 37.1 Å². The number of hydrogen-bond acceptors (Lipinski definition) is 2. The van der Waals surface area contributed by atoms with Gasteiger partial charge in [-0.05, 0) is 55.2 Å². The molecule has 1 fully saturated rings. The molecule has 1 atom stereocenters. The highest BCUT2D eigenvalue weighted by Crippen LogP contribution is 2.29. The van der Waals surface area contributed by atoms with E-state index in [0.29, 0.717) is 24.3 Å². The van der Waals surface area contributed by atoms with Crippen LogP contribution >= 0.6 is 0 Å². The Bertz CT molecular complexity index is 751. The summed E-state index contributed by atoms with van der Waals surface area (Å²) in [5.41, 5.74) is 1.91. The van der Waals surface area contributed by atoms with Crippen LogP contribution in [-0.2, 0) is 0 Å². The van der Waals surface area contributed by atoms with Crippen molar-refractivity contribution in [2.24, 2.45) is 0 Å². The summed E-state index contributed by atoms with van der Waals surface area (Å²) in [5, 5.41) is 2.86. The Kier molecular flexibility index (Phi) is 4.74. The lowest BCUT2D eigenvalue weighted by Crippen LogP contribution is -2.41. The van der Waals surface area contributed by atoms with Crippen LogP contribution < -0.4 is 5.32 Å². The number of rotatable bonds is 2. The average Bonchev–Trinajstić information content (AvgIpc) is 2.59. The van der Waals surface area contributed by atoms with Gasteiger partial charge < -0.3 is 10.2 Å². The number of amides is 2. The number of nitrogens with zero attached hydrogens (tertiary/aromatic N) is 2. The normalized spacial score (nSPS) is 17.6. The van der Waals surface area contributed by atoms with E-state index in [1.807, 2.05) is 6.92 Å². The molecule has 3 rings (SSSR count).